The summed E-state index contributed by atoms with van der Waals surface area (Å²) in [6.07, 6.45) is 0.538. The lowest BCUT2D eigenvalue weighted by atomic mass is 10.1. The summed E-state index contributed by atoms with van der Waals surface area (Å²) in [5.41, 5.74) is 2.41. The molecule has 0 radical (unpaired) electrons. The Balaban J connectivity index is 3.02. The smallest absolute Gasteiger partial charge is 0.0640 e. The first kappa shape index (κ1) is 14.0. The highest BCUT2D eigenvalue weighted by molar-refractivity contribution is 9.10. The summed E-state index contributed by atoms with van der Waals surface area (Å²) < 4.78 is 1.06. The van der Waals surface area contributed by atoms with E-state index in [4.69, 9.17) is 5.26 Å². The van der Waals surface area contributed by atoms with Crippen molar-refractivity contribution in [3.05, 3.63) is 28.2 Å². The van der Waals surface area contributed by atoms with Crippen molar-refractivity contribution in [3.8, 4) is 6.07 Å². The normalized spacial score (nSPS) is 11.9. The van der Waals surface area contributed by atoms with Gasteiger partial charge in [0.1, 0.15) is 0 Å². The third kappa shape index (κ3) is 3.72. The van der Waals surface area contributed by atoms with Crippen molar-refractivity contribution in [3.63, 3.8) is 0 Å². The molecule has 0 aliphatic heterocycles. The molecule has 1 unspecified atom stereocenters. The van der Waals surface area contributed by atoms with Crippen molar-refractivity contribution < 1.29 is 0 Å². The maximum Gasteiger partial charge on any atom is 0.0640 e. The second-order valence-electron chi connectivity index (χ2n) is 4.04. The average Bonchev–Trinajstić information content (AvgIpc) is 2.34. The second-order valence-corrected chi connectivity index (χ2v) is 4.96. The van der Waals surface area contributed by atoms with Crippen LogP contribution in [0.15, 0.2) is 22.7 Å². The highest BCUT2D eigenvalue weighted by atomic mass is 79.9. The van der Waals surface area contributed by atoms with Gasteiger partial charge >= 0.3 is 0 Å². The largest absolute Gasteiger partial charge is 0.373 e. The van der Waals surface area contributed by atoms with E-state index in [1.807, 2.05) is 20.2 Å². The molecular formula is C13H18BrN3. The van der Waals surface area contributed by atoms with Gasteiger partial charge in [-0.1, -0.05) is 22.0 Å². The summed E-state index contributed by atoms with van der Waals surface area (Å²) in [6, 6.07) is 8.73. The van der Waals surface area contributed by atoms with Crippen molar-refractivity contribution in [2.45, 2.75) is 19.4 Å². The number of nitriles is 1. The van der Waals surface area contributed by atoms with Gasteiger partial charge in [-0.2, -0.15) is 5.26 Å². The van der Waals surface area contributed by atoms with Crippen LogP contribution < -0.4 is 10.2 Å². The van der Waals surface area contributed by atoms with E-state index in [1.165, 1.54) is 5.56 Å². The van der Waals surface area contributed by atoms with Gasteiger partial charge in [0.2, 0.25) is 0 Å². The molecule has 1 aromatic rings. The van der Waals surface area contributed by atoms with Crippen molar-refractivity contribution in [1.82, 2.24) is 5.32 Å². The Bertz CT molecular complexity index is 412. The first-order valence-corrected chi connectivity index (χ1v) is 6.44. The minimum absolute atomic E-state index is 0.294. The van der Waals surface area contributed by atoms with Gasteiger partial charge in [-0.05, 0) is 31.7 Å². The fourth-order valence-corrected chi connectivity index (χ4v) is 2.06. The van der Waals surface area contributed by atoms with E-state index in [9.17, 15) is 0 Å². The third-order valence-electron chi connectivity index (χ3n) is 2.86. The number of anilines is 1. The standard InChI is InChI=1S/C13H18BrN3/c1-10(16-2)12-6-5-11(14)9-13(12)17(3)8-4-7-15/h5-6,9-10,16H,4,8H2,1-3H3. The van der Waals surface area contributed by atoms with Crippen LogP contribution in [0.1, 0.15) is 24.9 Å². The van der Waals surface area contributed by atoms with Crippen molar-refractivity contribution >= 4 is 21.6 Å². The van der Waals surface area contributed by atoms with Crippen molar-refractivity contribution in [2.75, 3.05) is 25.5 Å². The van der Waals surface area contributed by atoms with Crippen LogP contribution in [0.2, 0.25) is 0 Å². The molecule has 0 saturated heterocycles. The van der Waals surface area contributed by atoms with Crippen LogP contribution in [0.4, 0.5) is 5.69 Å². The molecule has 92 valence electrons. The topological polar surface area (TPSA) is 39.1 Å². The zero-order valence-corrected chi connectivity index (χ0v) is 12.1. The molecule has 0 aliphatic carbocycles. The molecule has 0 amide bonds. The van der Waals surface area contributed by atoms with E-state index in [1.54, 1.807) is 0 Å². The van der Waals surface area contributed by atoms with Gasteiger partial charge in [-0.15, -0.1) is 0 Å². The van der Waals surface area contributed by atoms with Gasteiger partial charge in [-0.25, -0.2) is 0 Å². The number of hydrogen-bond donors (Lipinski definition) is 1. The quantitative estimate of drug-likeness (QED) is 0.907. The molecular weight excluding hydrogens is 278 g/mol. The number of nitrogens with zero attached hydrogens (tertiary/aromatic N) is 2. The fraction of sp³-hybridized carbons (Fsp3) is 0.462. The molecule has 1 N–H and O–H groups in total. The lowest BCUT2D eigenvalue weighted by Crippen LogP contribution is -2.22. The fourth-order valence-electron chi connectivity index (χ4n) is 1.71. The van der Waals surface area contributed by atoms with E-state index < -0.39 is 0 Å². The van der Waals surface area contributed by atoms with E-state index >= 15 is 0 Å². The van der Waals surface area contributed by atoms with Gasteiger partial charge in [0.15, 0.2) is 0 Å². The maximum absolute atomic E-state index is 8.64. The molecule has 0 heterocycles. The van der Waals surface area contributed by atoms with E-state index in [-0.39, 0.29) is 0 Å². The van der Waals surface area contributed by atoms with Crippen molar-refractivity contribution in [2.24, 2.45) is 0 Å². The lowest BCUT2D eigenvalue weighted by molar-refractivity contribution is 0.649. The van der Waals surface area contributed by atoms with Gasteiger partial charge in [0.05, 0.1) is 12.5 Å². The van der Waals surface area contributed by atoms with E-state index in [2.05, 4.69) is 51.3 Å². The number of halogens is 1. The summed E-state index contributed by atoms with van der Waals surface area (Å²) in [5.74, 6) is 0. The van der Waals surface area contributed by atoms with Crippen LogP contribution in [0.25, 0.3) is 0 Å². The Labute approximate surface area is 112 Å². The van der Waals surface area contributed by atoms with Crippen LogP contribution in [-0.4, -0.2) is 20.6 Å². The molecule has 0 fully saturated rings. The summed E-state index contributed by atoms with van der Waals surface area (Å²) in [5, 5.41) is 11.9. The predicted molar refractivity (Wildman–Crippen MR) is 75.1 cm³/mol. The Kier molecular flexibility index (Phi) is 5.46. The first-order valence-electron chi connectivity index (χ1n) is 5.65. The summed E-state index contributed by atoms with van der Waals surface area (Å²) in [6.45, 7) is 2.88. The molecule has 1 aromatic carbocycles. The van der Waals surface area contributed by atoms with E-state index in [0.29, 0.717) is 12.5 Å². The van der Waals surface area contributed by atoms with Crippen LogP contribution >= 0.6 is 15.9 Å². The molecule has 0 saturated carbocycles. The number of nitrogens with one attached hydrogen (secondary N) is 1. The van der Waals surface area contributed by atoms with Gasteiger partial charge in [0.25, 0.3) is 0 Å². The average molecular weight is 296 g/mol. The summed E-state index contributed by atoms with van der Waals surface area (Å²) >= 11 is 3.49. The zero-order valence-electron chi connectivity index (χ0n) is 10.5. The van der Waals surface area contributed by atoms with Gasteiger partial charge < -0.3 is 10.2 Å². The molecule has 0 aromatic heterocycles. The van der Waals surface area contributed by atoms with Crippen LogP contribution in [0.3, 0.4) is 0 Å². The van der Waals surface area contributed by atoms with Crippen molar-refractivity contribution in [1.29, 1.82) is 5.26 Å². The maximum atomic E-state index is 8.64. The predicted octanol–water partition coefficient (Wildman–Crippen LogP) is 3.08. The number of hydrogen-bond acceptors (Lipinski definition) is 3. The minimum Gasteiger partial charge on any atom is -0.373 e. The highest BCUT2D eigenvalue weighted by Gasteiger charge is 2.12. The van der Waals surface area contributed by atoms with E-state index in [0.717, 1.165) is 16.7 Å². The molecule has 0 aliphatic rings. The van der Waals surface area contributed by atoms with Gasteiger partial charge in [0, 0.05) is 29.8 Å². The lowest BCUT2D eigenvalue weighted by Gasteiger charge is -2.24. The Morgan fingerprint density at radius 1 is 1.53 bits per heavy atom. The highest BCUT2D eigenvalue weighted by Crippen LogP contribution is 2.29. The van der Waals surface area contributed by atoms with Crippen LogP contribution in [-0.2, 0) is 0 Å². The Morgan fingerprint density at radius 2 is 2.24 bits per heavy atom. The molecule has 1 atom stereocenters. The van der Waals surface area contributed by atoms with Crippen LogP contribution in [0, 0.1) is 11.3 Å². The monoisotopic (exact) mass is 295 g/mol. The zero-order chi connectivity index (χ0) is 12.8. The van der Waals surface area contributed by atoms with Gasteiger partial charge in [-0.3, -0.25) is 0 Å². The minimum atomic E-state index is 0.294. The van der Waals surface area contributed by atoms with Crippen LogP contribution in [0.5, 0.6) is 0 Å². The Morgan fingerprint density at radius 3 is 2.82 bits per heavy atom. The summed E-state index contributed by atoms with van der Waals surface area (Å²) in [7, 11) is 3.97. The molecule has 1 rings (SSSR count). The Hall–Kier alpha value is -1.05. The second kappa shape index (κ2) is 6.63. The molecule has 0 spiro atoms. The molecule has 4 heteroatoms. The number of benzene rings is 1. The summed E-state index contributed by atoms with van der Waals surface area (Å²) in [4.78, 5) is 2.12. The third-order valence-corrected chi connectivity index (χ3v) is 3.36. The first-order chi connectivity index (χ1) is 8.10. The molecule has 3 nitrogen and oxygen atoms in total. The number of rotatable bonds is 5. The molecule has 0 bridgehead atoms. The molecule has 17 heavy (non-hydrogen) atoms. The SMILES string of the molecule is CNC(C)c1ccc(Br)cc1N(C)CCC#N.